The molecule has 0 aliphatic carbocycles. The van der Waals surface area contributed by atoms with Crippen molar-refractivity contribution in [2.75, 3.05) is 32.8 Å². The van der Waals surface area contributed by atoms with Gasteiger partial charge >= 0.3 is 12.0 Å². The smallest absolute Gasteiger partial charge is 0.325 e. The number of nitrogens with one attached hydrogen (secondary N) is 2. The van der Waals surface area contributed by atoms with Crippen LogP contribution in [0.5, 0.6) is 0 Å². The Kier molecular flexibility index (Phi) is 11.2. The molecular weight excluding hydrogens is 574 g/mol. The lowest BCUT2D eigenvalue weighted by atomic mass is 9.90. The number of carbonyl (C=O) groups excluding carboxylic acids is 2. The van der Waals surface area contributed by atoms with E-state index in [0.29, 0.717) is 19.6 Å². The maximum Gasteiger partial charge on any atom is 0.325 e. The zero-order valence-corrected chi connectivity index (χ0v) is 25.9. The Balaban J connectivity index is 1.31. The minimum absolute atomic E-state index is 0.0141. The molecule has 2 aliphatic heterocycles. The molecule has 10 heteroatoms. The molecule has 0 aromatic heterocycles. The first-order chi connectivity index (χ1) is 21.8. The van der Waals surface area contributed by atoms with Crippen molar-refractivity contribution >= 4 is 12.0 Å². The van der Waals surface area contributed by atoms with Crippen LogP contribution >= 0.6 is 0 Å². The summed E-state index contributed by atoms with van der Waals surface area (Å²) in [5.41, 5.74) is 5.63. The molecule has 3 aromatic carbocycles. The van der Waals surface area contributed by atoms with Gasteiger partial charge in [-0.05, 0) is 53.3 Å². The molecule has 5 atom stereocenters. The van der Waals surface area contributed by atoms with Gasteiger partial charge in [-0.15, -0.1) is 0 Å². The predicted octanol–water partition coefficient (Wildman–Crippen LogP) is 4.07. The van der Waals surface area contributed by atoms with E-state index in [4.69, 9.17) is 14.2 Å². The quantitative estimate of drug-likeness (QED) is 0.237. The fraction of sp³-hybridized carbons (Fsp3) is 0.429. The Morgan fingerprint density at radius 3 is 2.42 bits per heavy atom. The number of hydrogen-bond acceptors (Lipinski definition) is 8. The number of likely N-dealkylation sites (tertiary alicyclic amines) is 1. The highest BCUT2D eigenvalue weighted by Gasteiger charge is 2.40. The number of aliphatic hydroxyl groups is 2. The molecular formula is C35H43N3O7. The highest BCUT2D eigenvalue weighted by atomic mass is 16.7. The van der Waals surface area contributed by atoms with Crippen molar-refractivity contribution in [2.24, 2.45) is 5.92 Å². The Hall–Kier alpha value is -3.80. The van der Waals surface area contributed by atoms with E-state index < -0.39 is 18.3 Å². The van der Waals surface area contributed by atoms with E-state index in [1.165, 1.54) is 0 Å². The number of benzene rings is 3. The lowest BCUT2D eigenvalue weighted by Gasteiger charge is -2.42. The molecule has 0 saturated carbocycles. The minimum Gasteiger partial charge on any atom is -0.465 e. The van der Waals surface area contributed by atoms with Crippen LogP contribution in [0.25, 0.3) is 11.1 Å². The summed E-state index contributed by atoms with van der Waals surface area (Å²) < 4.78 is 18.1. The molecule has 5 rings (SSSR count). The Morgan fingerprint density at radius 1 is 0.956 bits per heavy atom. The largest absolute Gasteiger partial charge is 0.465 e. The van der Waals surface area contributed by atoms with Crippen LogP contribution in [0, 0.1) is 5.92 Å². The standard InChI is InChI=1S/C35H43N3O7/c1-3-43-32(41)19-37-35(42)36-18-25-6-4-7-27(16-25)28-8-5-9-29(17-28)34-44-31(21-38-15-14-30(40)20-38)23(2)33(45-34)26-12-10-24(22-39)11-13-26/h4-13,16-17,23,30-31,33-34,39-40H,3,14-15,18-22H2,1-2H3,(H2,36,37,42). The molecule has 10 nitrogen and oxygen atoms in total. The van der Waals surface area contributed by atoms with Crippen LogP contribution in [0.3, 0.4) is 0 Å². The summed E-state index contributed by atoms with van der Waals surface area (Å²) in [5, 5.41) is 24.9. The number of rotatable bonds is 11. The van der Waals surface area contributed by atoms with Gasteiger partial charge in [0.1, 0.15) is 6.54 Å². The number of ether oxygens (including phenoxy) is 3. The monoisotopic (exact) mass is 617 g/mol. The third kappa shape index (κ3) is 8.68. The van der Waals surface area contributed by atoms with Crippen molar-refractivity contribution < 1.29 is 34.0 Å². The van der Waals surface area contributed by atoms with Crippen molar-refractivity contribution in [3.8, 4) is 11.1 Å². The van der Waals surface area contributed by atoms with Gasteiger partial charge in [0.05, 0.1) is 31.5 Å². The average Bonchev–Trinajstić information content (AvgIpc) is 3.48. The molecule has 240 valence electrons. The van der Waals surface area contributed by atoms with Gasteiger partial charge in [0.25, 0.3) is 0 Å². The van der Waals surface area contributed by atoms with Crippen LogP contribution in [0.2, 0.25) is 0 Å². The van der Waals surface area contributed by atoms with Gasteiger partial charge in [0.2, 0.25) is 0 Å². The molecule has 2 amide bonds. The summed E-state index contributed by atoms with van der Waals surface area (Å²) in [6, 6.07) is 23.4. The molecule has 2 aliphatic rings. The lowest BCUT2D eigenvalue weighted by molar-refractivity contribution is -0.276. The van der Waals surface area contributed by atoms with Gasteiger partial charge in [-0.3, -0.25) is 9.69 Å². The van der Waals surface area contributed by atoms with Crippen molar-refractivity contribution in [1.29, 1.82) is 0 Å². The molecule has 5 unspecified atom stereocenters. The van der Waals surface area contributed by atoms with E-state index in [1.807, 2.05) is 66.7 Å². The van der Waals surface area contributed by atoms with Gasteiger partial charge in [-0.1, -0.05) is 67.6 Å². The number of amides is 2. The van der Waals surface area contributed by atoms with Crippen molar-refractivity contribution in [2.45, 2.75) is 58.0 Å². The van der Waals surface area contributed by atoms with E-state index in [2.05, 4.69) is 28.5 Å². The normalized spacial score (nSPS) is 23.4. The molecule has 2 heterocycles. The number of β-amino-alcohol motifs (C(OH)–C–C–N with tert-alkyl or cyclic N) is 1. The molecule has 0 bridgehead atoms. The van der Waals surface area contributed by atoms with Gasteiger partial charge in [-0.2, -0.15) is 0 Å². The molecule has 0 radical (unpaired) electrons. The second-order valence-electron chi connectivity index (χ2n) is 11.7. The first-order valence-corrected chi connectivity index (χ1v) is 15.6. The van der Waals surface area contributed by atoms with Crippen molar-refractivity contribution in [3.05, 3.63) is 95.1 Å². The highest BCUT2D eigenvalue weighted by Crippen LogP contribution is 2.42. The minimum atomic E-state index is -0.603. The predicted molar refractivity (Wildman–Crippen MR) is 169 cm³/mol. The van der Waals surface area contributed by atoms with Gasteiger partial charge in [0.15, 0.2) is 6.29 Å². The van der Waals surface area contributed by atoms with Crippen molar-refractivity contribution in [3.63, 3.8) is 0 Å². The fourth-order valence-electron chi connectivity index (χ4n) is 5.90. The SMILES string of the molecule is CCOC(=O)CNC(=O)NCc1cccc(-c2cccc(C3OC(CN4CCC(O)C4)C(C)C(c4ccc(CO)cc4)O3)c2)c1. The molecule has 45 heavy (non-hydrogen) atoms. The third-order valence-electron chi connectivity index (χ3n) is 8.38. The molecule has 3 aromatic rings. The third-order valence-corrected chi connectivity index (χ3v) is 8.38. The molecule has 2 fully saturated rings. The summed E-state index contributed by atoms with van der Waals surface area (Å²) in [5.74, 6) is -0.428. The van der Waals surface area contributed by atoms with Gasteiger partial charge in [0, 0.05) is 37.7 Å². The first-order valence-electron chi connectivity index (χ1n) is 15.6. The van der Waals surface area contributed by atoms with E-state index >= 15 is 0 Å². The Bertz CT molecular complexity index is 1430. The van der Waals surface area contributed by atoms with Crippen LogP contribution in [-0.2, 0) is 32.2 Å². The zero-order chi connectivity index (χ0) is 31.8. The lowest BCUT2D eigenvalue weighted by Crippen LogP contribution is -2.44. The summed E-state index contributed by atoms with van der Waals surface area (Å²) in [6.07, 6.45) is -0.484. The summed E-state index contributed by atoms with van der Waals surface area (Å²) in [7, 11) is 0. The Labute approximate surface area is 264 Å². The highest BCUT2D eigenvalue weighted by molar-refractivity contribution is 5.80. The van der Waals surface area contributed by atoms with Gasteiger partial charge in [-0.25, -0.2) is 4.79 Å². The van der Waals surface area contributed by atoms with E-state index in [0.717, 1.165) is 46.3 Å². The maximum atomic E-state index is 12.2. The van der Waals surface area contributed by atoms with E-state index in [-0.39, 0.29) is 44.0 Å². The topological polar surface area (TPSA) is 130 Å². The Morgan fingerprint density at radius 2 is 1.71 bits per heavy atom. The summed E-state index contributed by atoms with van der Waals surface area (Å²) in [4.78, 5) is 25.9. The van der Waals surface area contributed by atoms with Crippen LogP contribution in [-0.4, -0.2) is 72.1 Å². The van der Waals surface area contributed by atoms with Crippen LogP contribution in [0.4, 0.5) is 4.79 Å². The number of aliphatic hydroxyl groups excluding tert-OH is 2. The fourth-order valence-corrected chi connectivity index (χ4v) is 5.90. The van der Waals surface area contributed by atoms with Crippen LogP contribution < -0.4 is 10.6 Å². The number of hydrogen-bond donors (Lipinski definition) is 4. The molecule has 4 N–H and O–H groups in total. The van der Waals surface area contributed by atoms with Crippen molar-refractivity contribution in [1.82, 2.24) is 15.5 Å². The average molecular weight is 618 g/mol. The second-order valence-corrected chi connectivity index (χ2v) is 11.7. The van der Waals surface area contributed by atoms with Crippen LogP contribution in [0.15, 0.2) is 72.8 Å². The number of nitrogens with zero attached hydrogens (tertiary/aromatic N) is 1. The van der Waals surface area contributed by atoms with E-state index in [9.17, 15) is 19.8 Å². The number of carbonyl (C=O) groups is 2. The number of urea groups is 1. The first kappa shape index (κ1) is 32.6. The molecule has 0 spiro atoms. The zero-order valence-electron chi connectivity index (χ0n) is 25.9. The number of esters is 1. The maximum absolute atomic E-state index is 12.2. The summed E-state index contributed by atoms with van der Waals surface area (Å²) in [6.45, 7) is 6.38. The second kappa shape index (κ2) is 15.5. The van der Waals surface area contributed by atoms with Gasteiger partial charge < -0.3 is 35.1 Å². The summed E-state index contributed by atoms with van der Waals surface area (Å²) >= 11 is 0. The van der Waals surface area contributed by atoms with Crippen LogP contribution in [0.1, 0.15) is 54.9 Å². The molecule has 2 saturated heterocycles. The van der Waals surface area contributed by atoms with E-state index in [1.54, 1.807) is 6.92 Å².